The summed E-state index contributed by atoms with van der Waals surface area (Å²) in [5.41, 5.74) is 0.700. The van der Waals surface area contributed by atoms with E-state index >= 15 is 0 Å². The molecule has 0 aliphatic rings. The third kappa shape index (κ3) is 6.66. The number of hydrogen-bond donors (Lipinski definition) is 1. The van der Waals surface area contributed by atoms with Crippen molar-refractivity contribution in [2.45, 2.75) is 12.6 Å². The number of ether oxygens (including phenoxy) is 3. The first-order valence-electron chi connectivity index (χ1n) is 6.48. The molecule has 8 heteroatoms. The van der Waals surface area contributed by atoms with Gasteiger partial charge < -0.3 is 19.5 Å². The van der Waals surface area contributed by atoms with Gasteiger partial charge in [-0.15, -0.1) is 0 Å². The second-order valence-electron chi connectivity index (χ2n) is 4.38. The first-order chi connectivity index (χ1) is 10.4. The van der Waals surface area contributed by atoms with Gasteiger partial charge in [0.2, 0.25) is 5.91 Å². The third-order valence-corrected chi connectivity index (χ3v) is 2.65. The van der Waals surface area contributed by atoms with E-state index in [9.17, 15) is 18.0 Å². The second-order valence-corrected chi connectivity index (χ2v) is 4.38. The van der Waals surface area contributed by atoms with E-state index in [1.54, 1.807) is 18.2 Å². The molecule has 1 amide bonds. The normalized spacial score (nSPS) is 11.1. The molecule has 22 heavy (non-hydrogen) atoms. The van der Waals surface area contributed by atoms with Crippen molar-refractivity contribution in [1.29, 1.82) is 0 Å². The Balaban J connectivity index is 2.36. The zero-order valence-electron chi connectivity index (χ0n) is 12.3. The van der Waals surface area contributed by atoms with Gasteiger partial charge >= 0.3 is 6.18 Å². The SMILES string of the molecule is COc1ccc(CC(=O)NCCOCC(F)(F)F)cc1OC. The Morgan fingerprint density at radius 3 is 2.45 bits per heavy atom. The lowest BCUT2D eigenvalue weighted by atomic mass is 10.1. The molecule has 0 fully saturated rings. The average molecular weight is 321 g/mol. The Morgan fingerprint density at radius 2 is 1.86 bits per heavy atom. The lowest BCUT2D eigenvalue weighted by Gasteiger charge is -2.10. The minimum atomic E-state index is -4.36. The van der Waals surface area contributed by atoms with Crippen LogP contribution in [0.2, 0.25) is 0 Å². The highest BCUT2D eigenvalue weighted by atomic mass is 19.4. The molecule has 0 aromatic heterocycles. The highest BCUT2D eigenvalue weighted by molar-refractivity contribution is 5.78. The van der Waals surface area contributed by atoms with Gasteiger partial charge in [-0.1, -0.05) is 6.07 Å². The van der Waals surface area contributed by atoms with Crippen molar-refractivity contribution >= 4 is 5.91 Å². The zero-order chi connectivity index (χ0) is 16.6. The van der Waals surface area contributed by atoms with Crippen LogP contribution in [0.1, 0.15) is 5.56 Å². The van der Waals surface area contributed by atoms with Crippen molar-refractivity contribution in [1.82, 2.24) is 5.32 Å². The lowest BCUT2D eigenvalue weighted by Crippen LogP contribution is -2.30. The Labute approximate surface area is 126 Å². The number of carbonyl (C=O) groups excluding carboxylic acids is 1. The minimum Gasteiger partial charge on any atom is -0.493 e. The van der Waals surface area contributed by atoms with Crippen LogP contribution in [0.5, 0.6) is 11.5 Å². The number of alkyl halides is 3. The Bertz CT molecular complexity index is 491. The van der Waals surface area contributed by atoms with Gasteiger partial charge in [0.25, 0.3) is 0 Å². The summed E-state index contributed by atoms with van der Waals surface area (Å²) in [5, 5.41) is 2.48. The van der Waals surface area contributed by atoms with Crippen LogP contribution in [0.4, 0.5) is 13.2 Å². The molecule has 0 saturated heterocycles. The van der Waals surface area contributed by atoms with Gasteiger partial charge in [-0.25, -0.2) is 0 Å². The minimum absolute atomic E-state index is 0.0161. The number of nitrogens with one attached hydrogen (secondary N) is 1. The van der Waals surface area contributed by atoms with Crippen molar-refractivity contribution < 1.29 is 32.2 Å². The molecule has 0 radical (unpaired) electrons. The van der Waals surface area contributed by atoms with E-state index in [4.69, 9.17) is 9.47 Å². The van der Waals surface area contributed by atoms with Gasteiger partial charge in [0.15, 0.2) is 11.5 Å². The summed E-state index contributed by atoms with van der Waals surface area (Å²) in [6.45, 7) is -1.50. The standard InChI is InChI=1S/C14H18F3NO4/c1-20-11-4-3-10(7-12(11)21-2)8-13(19)18-5-6-22-9-14(15,16)17/h3-4,7H,5-6,8-9H2,1-2H3,(H,18,19). The molecule has 0 saturated carbocycles. The van der Waals surface area contributed by atoms with E-state index in [-0.39, 0.29) is 25.5 Å². The van der Waals surface area contributed by atoms with E-state index in [2.05, 4.69) is 10.1 Å². The third-order valence-electron chi connectivity index (χ3n) is 2.65. The van der Waals surface area contributed by atoms with Crippen LogP contribution in [0, 0.1) is 0 Å². The Morgan fingerprint density at radius 1 is 1.18 bits per heavy atom. The molecule has 1 aromatic rings. The second kappa shape index (κ2) is 8.47. The van der Waals surface area contributed by atoms with Crippen LogP contribution in [0.3, 0.4) is 0 Å². The summed E-state index contributed by atoms with van der Waals surface area (Å²) in [4.78, 5) is 11.7. The van der Waals surface area contributed by atoms with Gasteiger partial charge in [-0.3, -0.25) is 4.79 Å². The molecular weight excluding hydrogens is 303 g/mol. The molecule has 0 atom stereocenters. The largest absolute Gasteiger partial charge is 0.493 e. The molecule has 0 aliphatic carbocycles. The highest BCUT2D eigenvalue weighted by Gasteiger charge is 2.27. The maximum atomic E-state index is 11.8. The fourth-order valence-electron chi connectivity index (χ4n) is 1.69. The Kier molecular flexibility index (Phi) is 6.97. The predicted octanol–water partition coefficient (Wildman–Crippen LogP) is 1.94. The molecule has 0 heterocycles. The maximum absolute atomic E-state index is 11.8. The molecule has 5 nitrogen and oxygen atoms in total. The zero-order valence-corrected chi connectivity index (χ0v) is 12.3. The fraction of sp³-hybridized carbons (Fsp3) is 0.500. The molecular formula is C14H18F3NO4. The fourth-order valence-corrected chi connectivity index (χ4v) is 1.69. The molecule has 0 aliphatic heterocycles. The molecule has 1 aromatic carbocycles. The van der Waals surface area contributed by atoms with Gasteiger partial charge in [-0.05, 0) is 17.7 Å². The predicted molar refractivity (Wildman–Crippen MR) is 73.1 cm³/mol. The van der Waals surface area contributed by atoms with Crippen LogP contribution in [0.25, 0.3) is 0 Å². The van der Waals surface area contributed by atoms with Crippen LogP contribution in [-0.4, -0.2) is 46.1 Å². The number of methoxy groups -OCH3 is 2. The van der Waals surface area contributed by atoms with Crippen molar-refractivity contribution in [3.63, 3.8) is 0 Å². The summed E-state index contributed by atoms with van der Waals surface area (Å²) in [6, 6.07) is 5.05. The van der Waals surface area contributed by atoms with Crippen molar-refractivity contribution in [2.75, 3.05) is 34.0 Å². The van der Waals surface area contributed by atoms with Crippen LogP contribution >= 0.6 is 0 Å². The van der Waals surface area contributed by atoms with E-state index in [0.29, 0.717) is 17.1 Å². The lowest BCUT2D eigenvalue weighted by molar-refractivity contribution is -0.173. The van der Waals surface area contributed by atoms with Crippen molar-refractivity contribution in [3.05, 3.63) is 23.8 Å². The van der Waals surface area contributed by atoms with E-state index in [0.717, 1.165) is 0 Å². The monoisotopic (exact) mass is 321 g/mol. The topological polar surface area (TPSA) is 56.8 Å². The van der Waals surface area contributed by atoms with E-state index in [1.165, 1.54) is 14.2 Å². The molecule has 124 valence electrons. The summed E-state index contributed by atoms with van der Waals surface area (Å²) >= 11 is 0. The quantitative estimate of drug-likeness (QED) is 0.744. The first-order valence-corrected chi connectivity index (χ1v) is 6.48. The van der Waals surface area contributed by atoms with Crippen LogP contribution < -0.4 is 14.8 Å². The summed E-state index contributed by atoms with van der Waals surface area (Å²) < 4.78 is 50.1. The highest BCUT2D eigenvalue weighted by Crippen LogP contribution is 2.27. The molecule has 0 spiro atoms. The summed E-state index contributed by atoms with van der Waals surface area (Å²) in [5.74, 6) is 0.733. The molecule has 1 rings (SSSR count). The summed E-state index contributed by atoms with van der Waals surface area (Å²) in [7, 11) is 2.99. The van der Waals surface area contributed by atoms with E-state index in [1.807, 2.05) is 0 Å². The maximum Gasteiger partial charge on any atom is 0.411 e. The van der Waals surface area contributed by atoms with Gasteiger partial charge in [0.1, 0.15) is 6.61 Å². The van der Waals surface area contributed by atoms with Crippen molar-refractivity contribution in [2.24, 2.45) is 0 Å². The number of benzene rings is 1. The molecule has 0 bridgehead atoms. The molecule has 1 N–H and O–H groups in total. The van der Waals surface area contributed by atoms with Gasteiger partial charge in [0.05, 0.1) is 27.2 Å². The van der Waals surface area contributed by atoms with Crippen molar-refractivity contribution in [3.8, 4) is 11.5 Å². The summed E-state index contributed by atoms with van der Waals surface area (Å²) in [6.07, 6.45) is -4.27. The number of hydrogen-bond acceptors (Lipinski definition) is 4. The number of halogens is 3. The van der Waals surface area contributed by atoms with Gasteiger partial charge in [0, 0.05) is 6.54 Å². The smallest absolute Gasteiger partial charge is 0.411 e. The average Bonchev–Trinajstić information content (AvgIpc) is 2.45. The van der Waals surface area contributed by atoms with Gasteiger partial charge in [-0.2, -0.15) is 13.2 Å². The van der Waals surface area contributed by atoms with E-state index < -0.39 is 12.8 Å². The first kappa shape index (κ1) is 18.1. The molecule has 0 unspecified atom stereocenters. The van der Waals surface area contributed by atoms with Crippen LogP contribution in [-0.2, 0) is 16.0 Å². The van der Waals surface area contributed by atoms with Crippen LogP contribution in [0.15, 0.2) is 18.2 Å². The number of rotatable bonds is 8. The number of amides is 1. The Hall–Kier alpha value is -1.96. The number of carbonyl (C=O) groups is 1.